The lowest BCUT2D eigenvalue weighted by Crippen LogP contribution is -2.48. The molecule has 6 heteroatoms. The van der Waals surface area contributed by atoms with Crippen LogP contribution in [0.4, 0.5) is 5.69 Å². The fraction of sp³-hybridized carbons (Fsp3) is 0.231. The predicted molar refractivity (Wildman–Crippen MR) is 132 cm³/mol. The molecule has 0 radical (unpaired) electrons. The highest BCUT2D eigenvalue weighted by atomic mass is 79.9. The number of nitrogens with one attached hydrogen (secondary N) is 1. The van der Waals surface area contributed by atoms with Crippen LogP contribution >= 0.6 is 27.7 Å². The zero-order valence-corrected chi connectivity index (χ0v) is 19.9. The number of carbonyl (C=O) groups is 2. The molecule has 2 saturated heterocycles. The predicted octanol–water partition coefficient (Wildman–Crippen LogP) is 5.57. The molecule has 1 N–H and O–H groups in total. The number of rotatable bonds is 5. The molecule has 2 aliphatic rings. The average Bonchev–Trinajstić information content (AvgIpc) is 3.35. The van der Waals surface area contributed by atoms with Crippen LogP contribution in [-0.2, 0) is 20.9 Å². The van der Waals surface area contributed by atoms with E-state index in [0.717, 1.165) is 34.1 Å². The van der Waals surface area contributed by atoms with E-state index in [9.17, 15) is 9.59 Å². The number of thioether (sulfide) groups is 1. The van der Waals surface area contributed by atoms with Gasteiger partial charge >= 0.3 is 0 Å². The number of halogens is 1. The highest BCUT2D eigenvalue weighted by molar-refractivity contribution is 9.10. The van der Waals surface area contributed by atoms with Crippen LogP contribution in [0.15, 0.2) is 83.3 Å². The van der Waals surface area contributed by atoms with Crippen LogP contribution in [-0.4, -0.2) is 28.5 Å². The van der Waals surface area contributed by atoms with E-state index < -0.39 is 10.9 Å². The number of benzene rings is 3. The Morgan fingerprint density at radius 3 is 2.53 bits per heavy atom. The molecule has 32 heavy (non-hydrogen) atoms. The molecule has 0 aliphatic carbocycles. The van der Waals surface area contributed by atoms with E-state index in [1.165, 1.54) is 5.56 Å². The molecule has 2 amide bonds. The molecule has 0 aromatic heterocycles. The zero-order valence-electron chi connectivity index (χ0n) is 17.5. The first-order valence-corrected chi connectivity index (χ1v) is 12.5. The molecule has 3 aromatic rings. The summed E-state index contributed by atoms with van der Waals surface area (Å²) in [4.78, 5) is 27.7. The van der Waals surface area contributed by atoms with Gasteiger partial charge in [0.1, 0.15) is 10.9 Å². The second kappa shape index (κ2) is 8.75. The van der Waals surface area contributed by atoms with Crippen molar-refractivity contribution in [3.05, 3.63) is 100 Å². The van der Waals surface area contributed by atoms with E-state index in [-0.39, 0.29) is 11.8 Å². The van der Waals surface area contributed by atoms with Crippen molar-refractivity contribution < 1.29 is 9.59 Å². The fourth-order valence-corrected chi connectivity index (χ4v) is 6.59. The number of hydrogen-bond donors (Lipinski definition) is 1. The molecule has 3 aromatic carbocycles. The summed E-state index contributed by atoms with van der Waals surface area (Å²) in [6, 6.07) is 25.7. The summed E-state index contributed by atoms with van der Waals surface area (Å²) in [6.07, 6.45) is 1.94. The normalized spacial score (nSPS) is 22.1. The van der Waals surface area contributed by atoms with Crippen molar-refractivity contribution in [3.8, 4) is 0 Å². The number of carbonyl (C=O) groups excluding carboxylic acids is 2. The SMILES string of the molecule is O=C(Nc1ccccc1Cc1ccccc1)C1CSC2(c3ccc(Br)cc3)CCC(=O)N12. The van der Waals surface area contributed by atoms with E-state index >= 15 is 0 Å². The summed E-state index contributed by atoms with van der Waals surface area (Å²) in [5.74, 6) is 0.525. The third kappa shape index (κ3) is 3.86. The maximum Gasteiger partial charge on any atom is 0.248 e. The van der Waals surface area contributed by atoms with Crippen LogP contribution in [0.25, 0.3) is 0 Å². The third-order valence-corrected chi connectivity index (χ3v) is 8.36. The Kier molecular flexibility index (Phi) is 5.82. The summed E-state index contributed by atoms with van der Waals surface area (Å²) in [5, 5.41) is 3.13. The molecule has 5 rings (SSSR count). The van der Waals surface area contributed by atoms with Gasteiger partial charge in [0, 0.05) is 22.3 Å². The van der Waals surface area contributed by atoms with Gasteiger partial charge in [0.05, 0.1) is 0 Å². The van der Waals surface area contributed by atoms with Crippen LogP contribution in [0.5, 0.6) is 0 Å². The molecule has 0 spiro atoms. The lowest BCUT2D eigenvalue weighted by atomic mass is 10.0. The van der Waals surface area contributed by atoms with Gasteiger partial charge in [-0.25, -0.2) is 0 Å². The second-order valence-electron chi connectivity index (χ2n) is 8.19. The van der Waals surface area contributed by atoms with Crippen LogP contribution in [0.2, 0.25) is 0 Å². The molecule has 162 valence electrons. The number of nitrogens with zero attached hydrogens (tertiary/aromatic N) is 1. The standard InChI is InChI=1S/C26H23BrN2O2S/c27-21-12-10-20(11-13-21)26-15-14-24(30)29(26)23(17-32-26)25(31)28-22-9-5-4-8-19(22)16-18-6-2-1-3-7-18/h1-13,23H,14-17H2,(H,28,31). The Morgan fingerprint density at radius 1 is 1.03 bits per heavy atom. The van der Waals surface area contributed by atoms with E-state index in [1.54, 1.807) is 11.8 Å². The van der Waals surface area contributed by atoms with Gasteiger partial charge in [-0.1, -0.05) is 76.6 Å². The number of amides is 2. The van der Waals surface area contributed by atoms with Crippen molar-refractivity contribution >= 4 is 45.2 Å². The maximum atomic E-state index is 13.4. The van der Waals surface area contributed by atoms with Crippen molar-refractivity contribution in [2.24, 2.45) is 0 Å². The maximum absolute atomic E-state index is 13.4. The number of fused-ring (bicyclic) bond motifs is 1. The van der Waals surface area contributed by atoms with Gasteiger partial charge in [0.25, 0.3) is 0 Å². The highest BCUT2D eigenvalue weighted by Crippen LogP contribution is 2.54. The largest absolute Gasteiger partial charge is 0.324 e. The molecule has 0 saturated carbocycles. The van der Waals surface area contributed by atoms with Gasteiger partial charge in [-0.2, -0.15) is 0 Å². The van der Waals surface area contributed by atoms with Gasteiger partial charge in [0.15, 0.2) is 0 Å². The molecule has 2 atom stereocenters. The van der Waals surface area contributed by atoms with Gasteiger partial charge in [0.2, 0.25) is 11.8 Å². The summed E-state index contributed by atoms with van der Waals surface area (Å²) in [6.45, 7) is 0. The summed E-state index contributed by atoms with van der Waals surface area (Å²) in [7, 11) is 0. The topological polar surface area (TPSA) is 49.4 Å². The highest BCUT2D eigenvalue weighted by Gasteiger charge is 2.56. The van der Waals surface area contributed by atoms with Crippen molar-refractivity contribution in [2.45, 2.75) is 30.2 Å². The molecular weight excluding hydrogens is 484 g/mol. The number of hydrogen-bond acceptors (Lipinski definition) is 3. The van der Waals surface area contributed by atoms with E-state index in [4.69, 9.17) is 0 Å². The van der Waals surface area contributed by atoms with Gasteiger partial charge in [-0.3, -0.25) is 9.59 Å². The second-order valence-corrected chi connectivity index (χ2v) is 10.4. The first-order valence-electron chi connectivity index (χ1n) is 10.7. The minimum atomic E-state index is -0.483. The van der Waals surface area contributed by atoms with Crippen molar-refractivity contribution in [3.63, 3.8) is 0 Å². The fourth-order valence-electron chi connectivity index (χ4n) is 4.68. The summed E-state index contributed by atoms with van der Waals surface area (Å²) < 4.78 is 1.00. The lowest BCUT2D eigenvalue weighted by Gasteiger charge is -2.34. The molecule has 4 nitrogen and oxygen atoms in total. The van der Waals surface area contributed by atoms with E-state index in [1.807, 2.05) is 59.5 Å². The Hall–Kier alpha value is -2.57. The first-order chi connectivity index (χ1) is 15.6. The van der Waals surface area contributed by atoms with Crippen molar-refractivity contribution in [1.82, 2.24) is 4.90 Å². The molecule has 2 heterocycles. The zero-order chi connectivity index (χ0) is 22.1. The Balaban J connectivity index is 1.39. The molecule has 0 bridgehead atoms. The smallest absolute Gasteiger partial charge is 0.248 e. The summed E-state index contributed by atoms with van der Waals surface area (Å²) >= 11 is 5.19. The minimum Gasteiger partial charge on any atom is -0.324 e. The van der Waals surface area contributed by atoms with Gasteiger partial charge in [-0.15, -0.1) is 11.8 Å². The van der Waals surface area contributed by atoms with E-state index in [2.05, 4.69) is 45.5 Å². The quantitative estimate of drug-likeness (QED) is 0.492. The van der Waals surface area contributed by atoms with Gasteiger partial charge in [-0.05, 0) is 47.7 Å². The number of anilines is 1. The lowest BCUT2D eigenvalue weighted by molar-refractivity contribution is -0.136. The number of para-hydroxylation sites is 1. The van der Waals surface area contributed by atoms with Crippen LogP contribution in [0.1, 0.15) is 29.5 Å². The van der Waals surface area contributed by atoms with Crippen LogP contribution in [0.3, 0.4) is 0 Å². The first kappa shape index (κ1) is 21.3. The molecular formula is C26H23BrN2O2S. The van der Waals surface area contributed by atoms with Crippen LogP contribution in [0, 0.1) is 0 Å². The Labute approximate surface area is 200 Å². The molecule has 2 fully saturated rings. The Bertz CT molecular complexity index is 1150. The Morgan fingerprint density at radius 2 is 1.75 bits per heavy atom. The minimum absolute atomic E-state index is 0.0515. The average molecular weight is 507 g/mol. The summed E-state index contributed by atoms with van der Waals surface area (Å²) in [5.41, 5.74) is 4.13. The van der Waals surface area contributed by atoms with Gasteiger partial charge < -0.3 is 10.2 Å². The molecule has 2 aliphatic heterocycles. The third-order valence-electron chi connectivity index (χ3n) is 6.24. The van der Waals surface area contributed by atoms with E-state index in [0.29, 0.717) is 12.2 Å². The van der Waals surface area contributed by atoms with Crippen LogP contribution < -0.4 is 5.32 Å². The molecule has 2 unspecified atom stereocenters. The monoisotopic (exact) mass is 506 g/mol. The van der Waals surface area contributed by atoms with Crippen molar-refractivity contribution in [1.29, 1.82) is 0 Å². The van der Waals surface area contributed by atoms with Crippen molar-refractivity contribution in [2.75, 3.05) is 11.1 Å².